The molecule has 74 valence electrons. The molecule has 2 nitrogen and oxygen atoms in total. The highest BCUT2D eigenvalue weighted by molar-refractivity contribution is 5.08. The van der Waals surface area contributed by atoms with Crippen LogP contribution in [0.4, 0.5) is 0 Å². The van der Waals surface area contributed by atoms with E-state index in [0.717, 1.165) is 12.8 Å². The first kappa shape index (κ1) is 10.5. The predicted molar refractivity (Wildman–Crippen MR) is 54.3 cm³/mol. The minimum Gasteiger partial charge on any atom is -0.297 e. The average Bonchev–Trinajstić information content (AvgIpc) is 2.30. The normalized spacial score (nSPS) is 22.3. The summed E-state index contributed by atoms with van der Waals surface area (Å²) in [5.74, 6) is 0. The standard InChI is InChI=1S/C11H20N2/c1-10(2)13-11(9-12)7-5-3-4-6-8-11/h10,13H,3-8H2,1-2H3. The first-order chi connectivity index (χ1) is 6.18. The zero-order valence-corrected chi connectivity index (χ0v) is 8.77. The third kappa shape index (κ3) is 3.00. The van der Waals surface area contributed by atoms with Gasteiger partial charge in [-0.3, -0.25) is 5.32 Å². The third-order valence-corrected chi connectivity index (χ3v) is 2.74. The summed E-state index contributed by atoms with van der Waals surface area (Å²) >= 11 is 0. The molecule has 0 atom stereocenters. The van der Waals surface area contributed by atoms with Crippen molar-refractivity contribution in [2.75, 3.05) is 0 Å². The van der Waals surface area contributed by atoms with Crippen LogP contribution in [0.1, 0.15) is 52.4 Å². The van der Waals surface area contributed by atoms with E-state index in [4.69, 9.17) is 0 Å². The minimum absolute atomic E-state index is 0.218. The molecule has 0 aromatic heterocycles. The van der Waals surface area contributed by atoms with E-state index in [0.29, 0.717) is 6.04 Å². The molecule has 1 aliphatic carbocycles. The topological polar surface area (TPSA) is 35.8 Å². The van der Waals surface area contributed by atoms with Crippen LogP contribution in [0.15, 0.2) is 0 Å². The highest BCUT2D eigenvalue weighted by atomic mass is 15.0. The fraction of sp³-hybridized carbons (Fsp3) is 0.909. The van der Waals surface area contributed by atoms with Gasteiger partial charge in [0.15, 0.2) is 0 Å². The molecule has 0 amide bonds. The van der Waals surface area contributed by atoms with Crippen molar-refractivity contribution in [2.24, 2.45) is 0 Å². The molecule has 1 aliphatic rings. The summed E-state index contributed by atoms with van der Waals surface area (Å²) in [4.78, 5) is 0. The highest BCUT2D eigenvalue weighted by Gasteiger charge is 2.30. The van der Waals surface area contributed by atoms with Crippen LogP contribution in [0, 0.1) is 11.3 Å². The zero-order chi connectivity index (χ0) is 9.73. The van der Waals surface area contributed by atoms with Crippen LogP contribution in [0.3, 0.4) is 0 Å². The van der Waals surface area contributed by atoms with Crippen LogP contribution >= 0.6 is 0 Å². The van der Waals surface area contributed by atoms with Crippen LogP contribution in [-0.2, 0) is 0 Å². The second-order valence-corrected chi connectivity index (χ2v) is 4.41. The summed E-state index contributed by atoms with van der Waals surface area (Å²) in [6.07, 6.45) is 7.05. The monoisotopic (exact) mass is 180 g/mol. The summed E-state index contributed by atoms with van der Waals surface area (Å²) in [6, 6.07) is 2.89. The Kier molecular flexibility index (Phi) is 3.74. The lowest BCUT2D eigenvalue weighted by Gasteiger charge is -2.28. The predicted octanol–water partition coefficient (Wildman–Crippen LogP) is 2.60. The number of nitrogens with one attached hydrogen (secondary N) is 1. The van der Waals surface area contributed by atoms with Gasteiger partial charge in [0.05, 0.1) is 6.07 Å². The summed E-state index contributed by atoms with van der Waals surface area (Å²) in [6.45, 7) is 4.23. The molecule has 0 aliphatic heterocycles. The average molecular weight is 180 g/mol. The van der Waals surface area contributed by atoms with Gasteiger partial charge in [0, 0.05) is 6.04 Å². The van der Waals surface area contributed by atoms with Gasteiger partial charge in [0.25, 0.3) is 0 Å². The van der Waals surface area contributed by atoms with Crippen LogP contribution in [0.25, 0.3) is 0 Å². The van der Waals surface area contributed by atoms with Crippen molar-refractivity contribution in [3.05, 3.63) is 0 Å². The van der Waals surface area contributed by atoms with Crippen LogP contribution in [-0.4, -0.2) is 11.6 Å². The van der Waals surface area contributed by atoms with Crippen molar-refractivity contribution in [1.82, 2.24) is 5.32 Å². The van der Waals surface area contributed by atoms with Crippen molar-refractivity contribution < 1.29 is 0 Å². The van der Waals surface area contributed by atoms with E-state index < -0.39 is 0 Å². The molecular weight excluding hydrogens is 160 g/mol. The summed E-state index contributed by atoms with van der Waals surface area (Å²) in [5.41, 5.74) is -0.218. The number of hydrogen-bond donors (Lipinski definition) is 1. The molecule has 0 saturated heterocycles. The van der Waals surface area contributed by atoms with E-state index in [1.165, 1.54) is 25.7 Å². The Morgan fingerprint density at radius 2 is 1.69 bits per heavy atom. The van der Waals surface area contributed by atoms with Gasteiger partial charge in [-0.05, 0) is 26.7 Å². The first-order valence-corrected chi connectivity index (χ1v) is 5.37. The van der Waals surface area contributed by atoms with E-state index in [2.05, 4.69) is 25.2 Å². The molecular formula is C11H20N2. The Morgan fingerprint density at radius 1 is 1.15 bits per heavy atom. The van der Waals surface area contributed by atoms with E-state index in [-0.39, 0.29) is 5.54 Å². The summed E-state index contributed by atoms with van der Waals surface area (Å²) < 4.78 is 0. The second kappa shape index (κ2) is 4.62. The molecule has 13 heavy (non-hydrogen) atoms. The molecule has 0 aromatic carbocycles. The highest BCUT2D eigenvalue weighted by Crippen LogP contribution is 2.26. The first-order valence-electron chi connectivity index (χ1n) is 5.37. The minimum atomic E-state index is -0.218. The molecule has 1 rings (SSSR count). The lowest BCUT2D eigenvalue weighted by molar-refractivity contribution is 0.337. The van der Waals surface area contributed by atoms with E-state index in [1.54, 1.807) is 0 Å². The van der Waals surface area contributed by atoms with Crippen molar-refractivity contribution >= 4 is 0 Å². The molecule has 1 fully saturated rings. The molecule has 2 heteroatoms. The van der Waals surface area contributed by atoms with Crippen LogP contribution < -0.4 is 5.32 Å². The Labute approximate surface area is 81.3 Å². The van der Waals surface area contributed by atoms with Gasteiger partial charge in [-0.15, -0.1) is 0 Å². The van der Waals surface area contributed by atoms with Crippen LogP contribution in [0.5, 0.6) is 0 Å². The molecule has 0 radical (unpaired) electrons. The lowest BCUT2D eigenvalue weighted by Crippen LogP contribution is -2.47. The Balaban J connectivity index is 2.60. The molecule has 1 N–H and O–H groups in total. The van der Waals surface area contributed by atoms with Crippen LogP contribution in [0.2, 0.25) is 0 Å². The Bertz CT molecular complexity index is 183. The third-order valence-electron chi connectivity index (χ3n) is 2.74. The van der Waals surface area contributed by atoms with E-state index in [1.807, 2.05) is 0 Å². The van der Waals surface area contributed by atoms with Gasteiger partial charge in [-0.2, -0.15) is 5.26 Å². The quantitative estimate of drug-likeness (QED) is 0.663. The molecule has 0 bridgehead atoms. The number of nitriles is 1. The molecule has 0 aromatic rings. The van der Waals surface area contributed by atoms with Gasteiger partial charge in [-0.1, -0.05) is 25.7 Å². The maximum Gasteiger partial charge on any atom is 0.106 e. The van der Waals surface area contributed by atoms with Gasteiger partial charge in [-0.25, -0.2) is 0 Å². The Hall–Kier alpha value is -0.550. The van der Waals surface area contributed by atoms with Crippen molar-refractivity contribution in [1.29, 1.82) is 5.26 Å². The zero-order valence-electron chi connectivity index (χ0n) is 8.77. The maximum absolute atomic E-state index is 9.20. The molecule has 0 unspecified atom stereocenters. The molecule has 1 saturated carbocycles. The number of hydrogen-bond acceptors (Lipinski definition) is 2. The second-order valence-electron chi connectivity index (χ2n) is 4.41. The van der Waals surface area contributed by atoms with Gasteiger partial charge in [0.2, 0.25) is 0 Å². The van der Waals surface area contributed by atoms with E-state index in [9.17, 15) is 5.26 Å². The SMILES string of the molecule is CC(C)NC1(C#N)CCCCCC1. The number of nitrogens with zero attached hydrogens (tertiary/aromatic N) is 1. The van der Waals surface area contributed by atoms with E-state index >= 15 is 0 Å². The Morgan fingerprint density at radius 3 is 2.08 bits per heavy atom. The van der Waals surface area contributed by atoms with Gasteiger partial charge in [0.1, 0.15) is 5.54 Å². The van der Waals surface area contributed by atoms with Crippen molar-refractivity contribution in [2.45, 2.75) is 64.0 Å². The summed E-state index contributed by atoms with van der Waals surface area (Å²) in [7, 11) is 0. The smallest absolute Gasteiger partial charge is 0.106 e. The van der Waals surface area contributed by atoms with Gasteiger partial charge < -0.3 is 0 Å². The van der Waals surface area contributed by atoms with Crippen molar-refractivity contribution in [3.63, 3.8) is 0 Å². The molecule has 0 spiro atoms. The lowest BCUT2D eigenvalue weighted by atomic mass is 9.91. The van der Waals surface area contributed by atoms with Gasteiger partial charge >= 0.3 is 0 Å². The van der Waals surface area contributed by atoms with Crippen molar-refractivity contribution in [3.8, 4) is 6.07 Å². The largest absolute Gasteiger partial charge is 0.297 e. The fourth-order valence-corrected chi connectivity index (χ4v) is 2.17. The molecule has 0 heterocycles. The number of rotatable bonds is 2. The summed E-state index contributed by atoms with van der Waals surface area (Å²) in [5, 5.41) is 12.6. The maximum atomic E-state index is 9.20. The fourth-order valence-electron chi connectivity index (χ4n) is 2.17.